The fourth-order valence-electron chi connectivity index (χ4n) is 2.46. The second kappa shape index (κ2) is 5.58. The maximum atomic E-state index is 6.27. The second-order valence-corrected chi connectivity index (χ2v) is 5.45. The Morgan fingerprint density at radius 2 is 2.33 bits per heavy atom. The van der Waals surface area contributed by atoms with Gasteiger partial charge in [0.05, 0.1) is 22.5 Å². The standard InChI is InChI=1S/C15H18ClN3O2/c1-3-19-13(15(16)9(2)18-19)8-20-10-4-5-11-12(17)7-21-14(11)6-10/h4-6,12H,3,7-8,17H2,1-2H3. The average molecular weight is 308 g/mol. The predicted molar refractivity (Wildman–Crippen MR) is 80.8 cm³/mol. The van der Waals surface area contributed by atoms with Crippen molar-refractivity contribution in [3.8, 4) is 11.5 Å². The number of rotatable bonds is 4. The molecule has 5 nitrogen and oxygen atoms in total. The van der Waals surface area contributed by atoms with Gasteiger partial charge < -0.3 is 15.2 Å². The Morgan fingerprint density at radius 3 is 3.10 bits per heavy atom. The molecule has 0 spiro atoms. The van der Waals surface area contributed by atoms with E-state index in [4.69, 9.17) is 26.8 Å². The van der Waals surface area contributed by atoms with Crippen molar-refractivity contribution in [2.75, 3.05) is 6.61 Å². The lowest BCUT2D eigenvalue weighted by atomic mass is 10.1. The van der Waals surface area contributed by atoms with Gasteiger partial charge >= 0.3 is 0 Å². The molecule has 1 aromatic heterocycles. The van der Waals surface area contributed by atoms with Gasteiger partial charge in [0.1, 0.15) is 24.7 Å². The fraction of sp³-hybridized carbons (Fsp3) is 0.400. The lowest BCUT2D eigenvalue weighted by Gasteiger charge is -2.09. The molecule has 2 aromatic rings. The summed E-state index contributed by atoms with van der Waals surface area (Å²) in [4.78, 5) is 0. The summed E-state index contributed by atoms with van der Waals surface area (Å²) in [5, 5.41) is 5.04. The van der Waals surface area contributed by atoms with Crippen LogP contribution in [-0.4, -0.2) is 16.4 Å². The van der Waals surface area contributed by atoms with Crippen LogP contribution in [0.1, 0.15) is 29.9 Å². The van der Waals surface area contributed by atoms with Crippen molar-refractivity contribution in [3.05, 3.63) is 40.2 Å². The number of aromatic nitrogens is 2. The maximum Gasteiger partial charge on any atom is 0.131 e. The summed E-state index contributed by atoms with van der Waals surface area (Å²) in [6.07, 6.45) is 0. The molecule has 0 amide bonds. The largest absolute Gasteiger partial charge is 0.491 e. The van der Waals surface area contributed by atoms with Gasteiger partial charge in [0.15, 0.2) is 0 Å². The molecule has 1 atom stereocenters. The lowest BCUT2D eigenvalue weighted by molar-refractivity contribution is 0.289. The highest BCUT2D eigenvalue weighted by Gasteiger charge is 2.21. The minimum absolute atomic E-state index is 0.0485. The summed E-state index contributed by atoms with van der Waals surface area (Å²) >= 11 is 6.27. The third-order valence-electron chi connectivity index (χ3n) is 3.63. The molecule has 1 aliphatic heterocycles. The highest BCUT2D eigenvalue weighted by atomic mass is 35.5. The topological polar surface area (TPSA) is 62.3 Å². The Hall–Kier alpha value is -1.72. The van der Waals surface area contributed by atoms with E-state index >= 15 is 0 Å². The normalized spacial score (nSPS) is 16.7. The van der Waals surface area contributed by atoms with Gasteiger partial charge in [-0.15, -0.1) is 0 Å². The Labute approximate surface area is 128 Å². The summed E-state index contributed by atoms with van der Waals surface area (Å²) in [6, 6.07) is 5.68. The van der Waals surface area contributed by atoms with Gasteiger partial charge in [-0.25, -0.2) is 0 Å². The zero-order valence-electron chi connectivity index (χ0n) is 12.1. The Kier molecular flexibility index (Phi) is 3.78. The van der Waals surface area contributed by atoms with Gasteiger partial charge in [-0.05, 0) is 26.0 Å². The number of hydrogen-bond acceptors (Lipinski definition) is 4. The first-order valence-electron chi connectivity index (χ1n) is 6.97. The van der Waals surface area contributed by atoms with Crippen LogP contribution in [0.3, 0.4) is 0 Å². The molecule has 3 rings (SSSR count). The van der Waals surface area contributed by atoms with Crippen LogP contribution >= 0.6 is 11.6 Å². The number of hydrogen-bond donors (Lipinski definition) is 1. The fourth-order valence-corrected chi connectivity index (χ4v) is 2.65. The summed E-state index contributed by atoms with van der Waals surface area (Å²) in [7, 11) is 0. The molecular formula is C15H18ClN3O2. The molecule has 0 bridgehead atoms. The van der Waals surface area contributed by atoms with Crippen molar-refractivity contribution in [1.82, 2.24) is 9.78 Å². The van der Waals surface area contributed by atoms with Gasteiger partial charge in [0.2, 0.25) is 0 Å². The van der Waals surface area contributed by atoms with E-state index in [1.54, 1.807) is 0 Å². The number of fused-ring (bicyclic) bond motifs is 1. The number of ether oxygens (including phenoxy) is 2. The smallest absolute Gasteiger partial charge is 0.131 e. The van der Waals surface area contributed by atoms with E-state index in [-0.39, 0.29) is 6.04 Å². The van der Waals surface area contributed by atoms with Gasteiger partial charge in [-0.2, -0.15) is 5.10 Å². The van der Waals surface area contributed by atoms with Gasteiger partial charge in [0.25, 0.3) is 0 Å². The number of nitrogens with two attached hydrogens (primary N) is 1. The van der Waals surface area contributed by atoms with E-state index in [1.807, 2.05) is 36.7 Å². The summed E-state index contributed by atoms with van der Waals surface area (Å²) in [5.74, 6) is 1.53. The zero-order valence-corrected chi connectivity index (χ0v) is 12.9. The lowest BCUT2D eigenvalue weighted by Crippen LogP contribution is -2.10. The predicted octanol–water partition coefficient (Wildman–Crippen LogP) is 2.84. The van der Waals surface area contributed by atoms with E-state index in [2.05, 4.69) is 5.10 Å². The van der Waals surface area contributed by atoms with Crippen LogP contribution in [0, 0.1) is 6.92 Å². The van der Waals surface area contributed by atoms with Crippen LogP contribution in [0.15, 0.2) is 18.2 Å². The molecule has 0 radical (unpaired) electrons. The van der Waals surface area contributed by atoms with Crippen molar-refractivity contribution < 1.29 is 9.47 Å². The Morgan fingerprint density at radius 1 is 1.52 bits per heavy atom. The number of aryl methyl sites for hydroxylation is 2. The summed E-state index contributed by atoms with van der Waals surface area (Å²) in [5.41, 5.74) is 8.65. The summed E-state index contributed by atoms with van der Waals surface area (Å²) in [6.45, 7) is 5.57. The van der Waals surface area contributed by atoms with Crippen LogP contribution in [0.4, 0.5) is 0 Å². The molecule has 0 aliphatic carbocycles. The molecule has 2 N–H and O–H groups in total. The van der Waals surface area contributed by atoms with Crippen LogP contribution in [-0.2, 0) is 13.2 Å². The molecule has 112 valence electrons. The molecule has 21 heavy (non-hydrogen) atoms. The second-order valence-electron chi connectivity index (χ2n) is 5.07. The maximum absolute atomic E-state index is 6.27. The zero-order chi connectivity index (χ0) is 15.0. The van der Waals surface area contributed by atoms with Crippen molar-refractivity contribution in [3.63, 3.8) is 0 Å². The van der Waals surface area contributed by atoms with E-state index in [0.29, 0.717) is 18.2 Å². The SMILES string of the molecule is CCn1nc(C)c(Cl)c1COc1ccc2c(c1)OCC2N. The molecule has 2 heterocycles. The quantitative estimate of drug-likeness (QED) is 0.943. The van der Waals surface area contributed by atoms with Crippen LogP contribution in [0.2, 0.25) is 5.02 Å². The van der Waals surface area contributed by atoms with Crippen molar-refractivity contribution >= 4 is 11.6 Å². The molecule has 6 heteroatoms. The van der Waals surface area contributed by atoms with E-state index in [0.717, 1.165) is 35.0 Å². The highest BCUT2D eigenvalue weighted by molar-refractivity contribution is 6.31. The highest BCUT2D eigenvalue weighted by Crippen LogP contribution is 2.34. The Bertz CT molecular complexity index is 669. The van der Waals surface area contributed by atoms with Crippen LogP contribution in [0.5, 0.6) is 11.5 Å². The average Bonchev–Trinajstić information content (AvgIpc) is 2.98. The van der Waals surface area contributed by atoms with Crippen molar-refractivity contribution in [2.45, 2.75) is 33.0 Å². The molecular weight excluding hydrogens is 290 g/mol. The van der Waals surface area contributed by atoms with Crippen LogP contribution in [0.25, 0.3) is 0 Å². The molecule has 0 saturated heterocycles. The number of halogens is 1. The Balaban J connectivity index is 1.77. The monoisotopic (exact) mass is 307 g/mol. The van der Waals surface area contributed by atoms with E-state index < -0.39 is 0 Å². The molecule has 1 aromatic carbocycles. The van der Waals surface area contributed by atoms with Gasteiger partial charge in [-0.1, -0.05) is 11.6 Å². The molecule has 0 fully saturated rings. The number of nitrogens with zero attached hydrogens (tertiary/aromatic N) is 2. The summed E-state index contributed by atoms with van der Waals surface area (Å²) < 4.78 is 13.2. The first-order chi connectivity index (χ1) is 10.1. The first kappa shape index (κ1) is 14.2. The minimum atomic E-state index is -0.0485. The molecule has 1 aliphatic rings. The third kappa shape index (κ3) is 2.59. The van der Waals surface area contributed by atoms with Gasteiger partial charge in [-0.3, -0.25) is 4.68 Å². The van der Waals surface area contributed by atoms with E-state index in [1.165, 1.54) is 0 Å². The van der Waals surface area contributed by atoms with Gasteiger partial charge in [0, 0.05) is 18.2 Å². The van der Waals surface area contributed by atoms with Crippen molar-refractivity contribution in [1.29, 1.82) is 0 Å². The van der Waals surface area contributed by atoms with Crippen LogP contribution < -0.4 is 15.2 Å². The number of benzene rings is 1. The molecule has 1 unspecified atom stereocenters. The molecule has 0 saturated carbocycles. The first-order valence-corrected chi connectivity index (χ1v) is 7.34. The van der Waals surface area contributed by atoms with Crippen molar-refractivity contribution in [2.24, 2.45) is 5.73 Å². The third-order valence-corrected chi connectivity index (χ3v) is 4.12. The van der Waals surface area contributed by atoms with E-state index in [9.17, 15) is 0 Å². The minimum Gasteiger partial charge on any atom is -0.491 e.